The maximum atomic E-state index is 12.1. The Kier molecular flexibility index (Phi) is 4.77. The topological polar surface area (TPSA) is 49.4 Å². The fraction of sp³-hybridized carbons (Fsp3) is 0.500. The fourth-order valence-corrected chi connectivity index (χ4v) is 2.50. The van der Waals surface area contributed by atoms with Gasteiger partial charge in [-0.15, -0.1) is 0 Å². The Morgan fingerprint density at radius 2 is 2.10 bits per heavy atom. The van der Waals surface area contributed by atoms with E-state index in [0.29, 0.717) is 13.0 Å². The minimum Gasteiger partial charge on any atom is -0.353 e. The van der Waals surface area contributed by atoms with E-state index in [2.05, 4.69) is 17.4 Å². The number of hydrogen-bond donors (Lipinski definition) is 1. The molecule has 20 heavy (non-hydrogen) atoms. The smallest absolute Gasteiger partial charge is 0.225 e. The molecule has 2 rings (SSSR count). The monoisotopic (exact) mass is 274 g/mol. The Labute approximate surface area is 120 Å². The molecule has 1 aromatic carbocycles. The number of amides is 2. The number of nitrogens with one attached hydrogen (secondary N) is 1. The molecule has 2 amide bonds. The molecule has 108 valence electrons. The number of hydrogen-bond acceptors (Lipinski definition) is 2. The number of carbonyl (C=O) groups is 2. The second kappa shape index (κ2) is 6.55. The maximum absolute atomic E-state index is 12.1. The molecule has 0 radical (unpaired) electrons. The molecule has 1 aliphatic heterocycles. The van der Waals surface area contributed by atoms with Crippen LogP contribution in [0.4, 0.5) is 0 Å². The molecule has 2 atom stereocenters. The quantitative estimate of drug-likeness (QED) is 0.886. The number of carbonyl (C=O) groups excluding carboxylic acids is 2. The van der Waals surface area contributed by atoms with Gasteiger partial charge in [0.1, 0.15) is 0 Å². The summed E-state index contributed by atoms with van der Waals surface area (Å²) in [5.41, 5.74) is 1.28. The highest BCUT2D eigenvalue weighted by molar-refractivity contribution is 5.89. The van der Waals surface area contributed by atoms with Crippen LogP contribution in [-0.4, -0.2) is 36.3 Å². The predicted molar refractivity (Wildman–Crippen MR) is 78.1 cm³/mol. The third-order valence-electron chi connectivity index (χ3n) is 3.81. The van der Waals surface area contributed by atoms with Crippen molar-refractivity contribution in [1.29, 1.82) is 0 Å². The number of aryl methyl sites for hydroxylation is 1. The van der Waals surface area contributed by atoms with Gasteiger partial charge in [0, 0.05) is 26.1 Å². The van der Waals surface area contributed by atoms with Crippen LogP contribution in [0.5, 0.6) is 0 Å². The van der Waals surface area contributed by atoms with E-state index in [1.807, 2.05) is 25.1 Å². The minimum absolute atomic E-state index is 0.00302. The third-order valence-corrected chi connectivity index (χ3v) is 3.81. The first kappa shape index (κ1) is 14.6. The van der Waals surface area contributed by atoms with Gasteiger partial charge in [-0.05, 0) is 25.3 Å². The molecule has 1 saturated heterocycles. The standard InChI is InChI=1S/C16H22N2O2/c1-12(8-9-13-6-4-3-5-7-13)17-16(20)14-10-15(19)18(2)11-14/h3-7,12,14H,8-11H2,1-2H3,(H,17,20). The summed E-state index contributed by atoms with van der Waals surface area (Å²) in [6.07, 6.45) is 2.20. The summed E-state index contributed by atoms with van der Waals surface area (Å²) in [6.45, 7) is 2.55. The van der Waals surface area contributed by atoms with Gasteiger partial charge in [0.05, 0.1) is 5.92 Å². The molecule has 1 fully saturated rings. The van der Waals surface area contributed by atoms with Crippen molar-refractivity contribution in [1.82, 2.24) is 10.2 Å². The summed E-state index contributed by atoms with van der Waals surface area (Å²) >= 11 is 0. The number of rotatable bonds is 5. The van der Waals surface area contributed by atoms with Crippen molar-refractivity contribution in [3.8, 4) is 0 Å². The average molecular weight is 274 g/mol. The Balaban J connectivity index is 1.75. The van der Waals surface area contributed by atoms with Gasteiger partial charge in [-0.1, -0.05) is 30.3 Å². The molecule has 0 aliphatic carbocycles. The van der Waals surface area contributed by atoms with Crippen molar-refractivity contribution in [2.45, 2.75) is 32.2 Å². The van der Waals surface area contributed by atoms with Gasteiger partial charge < -0.3 is 10.2 Å². The SMILES string of the molecule is CC(CCc1ccccc1)NC(=O)C1CC(=O)N(C)C1. The van der Waals surface area contributed by atoms with Crippen molar-refractivity contribution in [3.63, 3.8) is 0 Å². The van der Waals surface area contributed by atoms with Gasteiger partial charge >= 0.3 is 0 Å². The van der Waals surface area contributed by atoms with E-state index in [9.17, 15) is 9.59 Å². The summed E-state index contributed by atoms with van der Waals surface area (Å²) in [7, 11) is 1.74. The number of likely N-dealkylation sites (tertiary alicyclic amines) is 1. The van der Waals surface area contributed by atoms with Crippen LogP contribution >= 0.6 is 0 Å². The van der Waals surface area contributed by atoms with Crippen molar-refractivity contribution < 1.29 is 9.59 Å². The van der Waals surface area contributed by atoms with Crippen LogP contribution in [0.2, 0.25) is 0 Å². The van der Waals surface area contributed by atoms with Gasteiger partial charge in [0.25, 0.3) is 0 Å². The molecule has 1 N–H and O–H groups in total. The van der Waals surface area contributed by atoms with E-state index >= 15 is 0 Å². The van der Waals surface area contributed by atoms with E-state index in [-0.39, 0.29) is 23.8 Å². The summed E-state index contributed by atoms with van der Waals surface area (Å²) in [5, 5.41) is 3.02. The Morgan fingerprint density at radius 1 is 1.40 bits per heavy atom. The maximum Gasteiger partial charge on any atom is 0.225 e. The van der Waals surface area contributed by atoms with Crippen LogP contribution < -0.4 is 5.32 Å². The largest absolute Gasteiger partial charge is 0.353 e. The van der Waals surface area contributed by atoms with Crippen molar-refractivity contribution in [2.24, 2.45) is 5.92 Å². The van der Waals surface area contributed by atoms with E-state index in [1.165, 1.54) is 5.56 Å². The number of nitrogens with zero attached hydrogens (tertiary/aromatic N) is 1. The summed E-state index contributed by atoms with van der Waals surface area (Å²) in [4.78, 5) is 25.1. The fourth-order valence-electron chi connectivity index (χ4n) is 2.50. The molecule has 4 nitrogen and oxygen atoms in total. The zero-order valence-corrected chi connectivity index (χ0v) is 12.1. The lowest BCUT2D eigenvalue weighted by Crippen LogP contribution is -2.38. The lowest BCUT2D eigenvalue weighted by atomic mass is 10.0. The Bertz CT molecular complexity index is 473. The molecule has 0 bridgehead atoms. The average Bonchev–Trinajstić information content (AvgIpc) is 2.78. The van der Waals surface area contributed by atoms with Crippen LogP contribution in [0.25, 0.3) is 0 Å². The third kappa shape index (κ3) is 3.83. The van der Waals surface area contributed by atoms with Crippen molar-refractivity contribution in [2.75, 3.05) is 13.6 Å². The van der Waals surface area contributed by atoms with Crippen LogP contribution in [0.15, 0.2) is 30.3 Å². The Morgan fingerprint density at radius 3 is 2.70 bits per heavy atom. The molecule has 4 heteroatoms. The normalized spacial score (nSPS) is 20.0. The first-order valence-corrected chi connectivity index (χ1v) is 7.14. The van der Waals surface area contributed by atoms with Gasteiger partial charge in [-0.25, -0.2) is 0 Å². The highest BCUT2D eigenvalue weighted by Gasteiger charge is 2.32. The molecule has 1 aliphatic rings. The van der Waals surface area contributed by atoms with Crippen LogP contribution in [-0.2, 0) is 16.0 Å². The van der Waals surface area contributed by atoms with E-state index < -0.39 is 0 Å². The molecule has 0 aromatic heterocycles. The zero-order chi connectivity index (χ0) is 14.5. The minimum atomic E-state index is -0.188. The predicted octanol–water partition coefficient (Wildman–Crippen LogP) is 1.60. The molecule has 1 heterocycles. The van der Waals surface area contributed by atoms with Gasteiger partial charge in [0.15, 0.2) is 0 Å². The molecule has 0 saturated carbocycles. The van der Waals surface area contributed by atoms with E-state index in [0.717, 1.165) is 12.8 Å². The highest BCUT2D eigenvalue weighted by atomic mass is 16.2. The van der Waals surface area contributed by atoms with E-state index in [4.69, 9.17) is 0 Å². The van der Waals surface area contributed by atoms with Crippen molar-refractivity contribution in [3.05, 3.63) is 35.9 Å². The van der Waals surface area contributed by atoms with E-state index in [1.54, 1.807) is 11.9 Å². The summed E-state index contributed by atoms with van der Waals surface area (Å²) in [5.74, 6) is -0.128. The second-order valence-corrected chi connectivity index (χ2v) is 5.61. The van der Waals surface area contributed by atoms with Gasteiger partial charge in [-0.2, -0.15) is 0 Å². The summed E-state index contributed by atoms with van der Waals surface area (Å²) < 4.78 is 0. The van der Waals surface area contributed by atoms with Crippen LogP contribution in [0.3, 0.4) is 0 Å². The second-order valence-electron chi connectivity index (χ2n) is 5.61. The molecule has 0 spiro atoms. The summed E-state index contributed by atoms with van der Waals surface area (Å²) in [6, 6.07) is 10.4. The molecular formula is C16H22N2O2. The van der Waals surface area contributed by atoms with Crippen LogP contribution in [0, 0.1) is 5.92 Å². The first-order valence-electron chi connectivity index (χ1n) is 7.14. The lowest BCUT2D eigenvalue weighted by molar-refractivity contribution is -0.128. The lowest BCUT2D eigenvalue weighted by Gasteiger charge is -2.17. The number of benzene rings is 1. The Hall–Kier alpha value is -1.84. The van der Waals surface area contributed by atoms with Gasteiger partial charge in [-0.3, -0.25) is 9.59 Å². The van der Waals surface area contributed by atoms with Crippen molar-refractivity contribution >= 4 is 11.8 Å². The molecule has 2 unspecified atom stereocenters. The molecule has 1 aromatic rings. The van der Waals surface area contributed by atoms with Crippen LogP contribution in [0.1, 0.15) is 25.3 Å². The highest BCUT2D eigenvalue weighted by Crippen LogP contribution is 2.16. The first-order chi connectivity index (χ1) is 9.56. The van der Waals surface area contributed by atoms with Gasteiger partial charge in [0.2, 0.25) is 11.8 Å². The zero-order valence-electron chi connectivity index (χ0n) is 12.1. The molecular weight excluding hydrogens is 252 g/mol.